The third-order valence-electron chi connectivity index (χ3n) is 3.73. The van der Waals surface area contributed by atoms with E-state index in [1.54, 1.807) is 6.20 Å². The van der Waals surface area contributed by atoms with Crippen LogP contribution in [0.2, 0.25) is 0 Å². The second-order valence-electron chi connectivity index (χ2n) is 5.16. The van der Waals surface area contributed by atoms with Gasteiger partial charge in [-0.15, -0.1) is 5.10 Å². The van der Waals surface area contributed by atoms with E-state index < -0.39 is 0 Å². The first-order chi connectivity index (χ1) is 10.8. The van der Waals surface area contributed by atoms with Gasteiger partial charge in [0.05, 0.1) is 23.1 Å². The Hall–Kier alpha value is -3.01. The van der Waals surface area contributed by atoms with Crippen molar-refractivity contribution in [3.63, 3.8) is 0 Å². The predicted octanol–water partition coefficient (Wildman–Crippen LogP) is 3.77. The fourth-order valence-electron chi connectivity index (χ4n) is 2.72. The fourth-order valence-corrected chi connectivity index (χ4v) is 2.72. The van der Waals surface area contributed by atoms with E-state index in [0.717, 1.165) is 33.7 Å². The Balaban J connectivity index is 2.01. The van der Waals surface area contributed by atoms with Crippen molar-refractivity contribution in [1.29, 1.82) is 0 Å². The lowest BCUT2D eigenvalue weighted by Gasteiger charge is -2.04. The summed E-state index contributed by atoms with van der Waals surface area (Å²) in [6.45, 7) is 2.01. The van der Waals surface area contributed by atoms with Gasteiger partial charge in [-0.05, 0) is 12.5 Å². The zero-order chi connectivity index (χ0) is 14.9. The van der Waals surface area contributed by atoms with Crippen LogP contribution < -0.4 is 0 Å². The lowest BCUT2D eigenvalue weighted by Crippen LogP contribution is -1.98. The second-order valence-corrected chi connectivity index (χ2v) is 5.16. The van der Waals surface area contributed by atoms with Crippen LogP contribution in [0.15, 0.2) is 66.9 Å². The highest BCUT2D eigenvalue weighted by Crippen LogP contribution is 2.29. The molecule has 0 atom stereocenters. The molecule has 0 aliphatic heterocycles. The number of fused-ring (bicyclic) bond motifs is 1. The van der Waals surface area contributed by atoms with Gasteiger partial charge in [0.15, 0.2) is 5.65 Å². The number of aryl methyl sites for hydroxylation is 1. The highest BCUT2D eigenvalue weighted by molar-refractivity contribution is 5.81. The van der Waals surface area contributed by atoms with Gasteiger partial charge in [-0.25, -0.2) is 4.52 Å². The molecule has 2 heterocycles. The van der Waals surface area contributed by atoms with Crippen LogP contribution in [0.25, 0.3) is 28.0 Å². The number of benzene rings is 2. The molecule has 22 heavy (non-hydrogen) atoms. The minimum atomic E-state index is 0.782. The van der Waals surface area contributed by atoms with E-state index in [1.165, 1.54) is 0 Å². The van der Waals surface area contributed by atoms with Gasteiger partial charge in [0, 0.05) is 5.56 Å². The van der Waals surface area contributed by atoms with Crippen LogP contribution in [-0.4, -0.2) is 19.8 Å². The van der Waals surface area contributed by atoms with E-state index in [9.17, 15) is 0 Å². The molecule has 0 aliphatic carbocycles. The summed E-state index contributed by atoms with van der Waals surface area (Å²) in [4.78, 5) is 0. The zero-order valence-corrected chi connectivity index (χ0v) is 12.1. The van der Waals surface area contributed by atoms with Crippen molar-refractivity contribution < 1.29 is 0 Å². The quantitative estimate of drug-likeness (QED) is 0.563. The van der Waals surface area contributed by atoms with E-state index in [1.807, 2.05) is 47.8 Å². The van der Waals surface area contributed by atoms with Gasteiger partial charge in [0.1, 0.15) is 0 Å². The molecule has 106 valence electrons. The van der Waals surface area contributed by atoms with Gasteiger partial charge >= 0.3 is 0 Å². The minimum Gasteiger partial charge on any atom is -0.210 e. The third-order valence-corrected chi connectivity index (χ3v) is 3.73. The molecular formula is C18H14N4. The molecule has 0 amide bonds. The molecule has 0 spiro atoms. The Morgan fingerprint density at radius 1 is 0.818 bits per heavy atom. The summed E-state index contributed by atoms with van der Waals surface area (Å²) in [5.74, 6) is 0. The normalized spacial score (nSPS) is 11.0. The Morgan fingerprint density at radius 2 is 1.45 bits per heavy atom. The molecular weight excluding hydrogens is 272 g/mol. The molecule has 4 heteroatoms. The molecule has 0 N–H and O–H groups in total. The molecule has 2 aromatic heterocycles. The summed E-state index contributed by atoms with van der Waals surface area (Å²) in [5, 5.41) is 13.2. The SMILES string of the molecule is Cc1nn2c(-c3ccccc3)cnnc2c1-c1ccccc1. The van der Waals surface area contributed by atoms with E-state index in [0.29, 0.717) is 0 Å². The smallest absolute Gasteiger partial charge is 0.186 e. The molecule has 4 rings (SSSR count). The summed E-state index contributed by atoms with van der Waals surface area (Å²) in [5.41, 5.74) is 5.88. The van der Waals surface area contributed by atoms with Gasteiger partial charge in [0.25, 0.3) is 0 Å². The Morgan fingerprint density at radius 3 is 2.14 bits per heavy atom. The van der Waals surface area contributed by atoms with E-state index in [4.69, 9.17) is 0 Å². The van der Waals surface area contributed by atoms with Crippen LogP contribution >= 0.6 is 0 Å². The number of aromatic nitrogens is 4. The van der Waals surface area contributed by atoms with Crippen LogP contribution in [0.5, 0.6) is 0 Å². The van der Waals surface area contributed by atoms with E-state index >= 15 is 0 Å². The maximum atomic E-state index is 4.68. The van der Waals surface area contributed by atoms with Crippen LogP contribution in [0.4, 0.5) is 0 Å². The van der Waals surface area contributed by atoms with Crippen LogP contribution in [0.1, 0.15) is 5.69 Å². The molecule has 0 bridgehead atoms. The maximum Gasteiger partial charge on any atom is 0.186 e. The Kier molecular flexibility index (Phi) is 2.93. The van der Waals surface area contributed by atoms with E-state index in [-0.39, 0.29) is 0 Å². The molecule has 2 aromatic carbocycles. The minimum absolute atomic E-state index is 0.782. The zero-order valence-electron chi connectivity index (χ0n) is 12.1. The number of hydrogen-bond acceptors (Lipinski definition) is 3. The van der Waals surface area contributed by atoms with Crippen molar-refractivity contribution in [2.24, 2.45) is 0 Å². The van der Waals surface area contributed by atoms with Crippen molar-refractivity contribution >= 4 is 5.65 Å². The first-order valence-corrected chi connectivity index (χ1v) is 7.16. The predicted molar refractivity (Wildman–Crippen MR) is 86.4 cm³/mol. The lowest BCUT2D eigenvalue weighted by molar-refractivity contribution is 0.885. The van der Waals surface area contributed by atoms with Crippen molar-refractivity contribution in [2.45, 2.75) is 6.92 Å². The summed E-state index contributed by atoms with van der Waals surface area (Å²) in [7, 11) is 0. The highest BCUT2D eigenvalue weighted by atomic mass is 15.3. The average molecular weight is 286 g/mol. The largest absolute Gasteiger partial charge is 0.210 e. The summed E-state index contributed by atoms with van der Waals surface area (Å²) in [6.07, 6.45) is 1.75. The van der Waals surface area contributed by atoms with Crippen LogP contribution in [0.3, 0.4) is 0 Å². The summed E-state index contributed by atoms with van der Waals surface area (Å²) in [6, 6.07) is 20.3. The Bertz CT molecular complexity index is 927. The lowest BCUT2D eigenvalue weighted by atomic mass is 10.1. The third kappa shape index (κ3) is 1.97. The van der Waals surface area contributed by atoms with Gasteiger partial charge < -0.3 is 0 Å². The monoisotopic (exact) mass is 286 g/mol. The molecule has 4 nitrogen and oxygen atoms in total. The fraction of sp³-hybridized carbons (Fsp3) is 0.0556. The van der Waals surface area contributed by atoms with Crippen LogP contribution in [-0.2, 0) is 0 Å². The van der Waals surface area contributed by atoms with E-state index in [2.05, 4.69) is 39.6 Å². The van der Waals surface area contributed by atoms with Crippen molar-refractivity contribution in [3.05, 3.63) is 72.6 Å². The average Bonchev–Trinajstić information content (AvgIpc) is 2.92. The summed E-state index contributed by atoms with van der Waals surface area (Å²) >= 11 is 0. The second kappa shape index (κ2) is 5.07. The molecule has 0 saturated heterocycles. The van der Waals surface area contributed by atoms with Gasteiger partial charge in [-0.3, -0.25) is 0 Å². The Labute approximate surface area is 128 Å². The van der Waals surface area contributed by atoms with Gasteiger partial charge in [0.2, 0.25) is 0 Å². The molecule has 0 radical (unpaired) electrons. The maximum absolute atomic E-state index is 4.68. The number of nitrogens with zero attached hydrogens (tertiary/aromatic N) is 4. The van der Waals surface area contributed by atoms with Gasteiger partial charge in [-0.1, -0.05) is 60.7 Å². The van der Waals surface area contributed by atoms with Crippen molar-refractivity contribution in [1.82, 2.24) is 19.8 Å². The number of rotatable bonds is 2. The highest BCUT2D eigenvalue weighted by Gasteiger charge is 2.15. The molecule has 0 saturated carbocycles. The number of hydrogen-bond donors (Lipinski definition) is 0. The topological polar surface area (TPSA) is 43.1 Å². The van der Waals surface area contributed by atoms with Crippen molar-refractivity contribution in [2.75, 3.05) is 0 Å². The first kappa shape index (κ1) is 12.7. The molecule has 0 unspecified atom stereocenters. The molecule has 0 aliphatic rings. The first-order valence-electron chi connectivity index (χ1n) is 7.16. The van der Waals surface area contributed by atoms with Crippen molar-refractivity contribution in [3.8, 4) is 22.4 Å². The molecule has 0 fully saturated rings. The van der Waals surface area contributed by atoms with Crippen LogP contribution in [0, 0.1) is 6.92 Å². The van der Waals surface area contributed by atoms with Gasteiger partial charge in [-0.2, -0.15) is 10.2 Å². The molecule has 4 aromatic rings. The standard InChI is InChI=1S/C18H14N4/c1-13-17(15-10-6-3-7-11-15)18-20-19-12-16(22(18)21-13)14-8-4-2-5-9-14/h2-12H,1H3. The summed E-state index contributed by atoms with van der Waals surface area (Å²) < 4.78 is 1.88.